The second-order valence-electron chi connectivity index (χ2n) is 2.96. The maximum Gasteiger partial charge on any atom is 0.358 e. The lowest BCUT2D eigenvalue weighted by Gasteiger charge is -1.96. The number of ether oxygens (including phenoxy) is 1. The van der Waals surface area contributed by atoms with E-state index in [1.54, 1.807) is 11.4 Å². The molecule has 6 heteroatoms. The quantitative estimate of drug-likeness (QED) is 0.590. The van der Waals surface area contributed by atoms with Crippen LogP contribution < -0.4 is 0 Å². The molecule has 0 aromatic carbocycles. The zero-order valence-electron chi connectivity index (χ0n) is 8.19. The van der Waals surface area contributed by atoms with E-state index in [2.05, 4.69) is 37.4 Å². The molecule has 0 N–H and O–H groups in total. The van der Waals surface area contributed by atoms with Gasteiger partial charge in [-0.3, -0.25) is 0 Å². The number of aryl methyl sites for hydroxylation is 1. The third-order valence-corrected chi connectivity index (χ3v) is 2.62. The molecule has 0 radical (unpaired) electrons. The lowest BCUT2D eigenvalue weighted by molar-refractivity contribution is 0.0594. The van der Waals surface area contributed by atoms with Gasteiger partial charge in [-0.25, -0.2) is 14.3 Å². The van der Waals surface area contributed by atoms with Crippen LogP contribution in [0.1, 0.15) is 16.2 Å². The van der Waals surface area contributed by atoms with Gasteiger partial charge in [0, 0.05) is 0 Å². The van der Waals surface area contributed by atoms with Crippen LogP contribution in [-0.4, -0.2) is 27.7 Å². The van der Waals surface area contributed by atoms with Gasteiger partial charge in [-0.1, -0.05) is 0 Å². The number of hydrogen-bond acceptors (Lipinski definition) is 4. The first-order valence-electron chi connectivity index (χ1n) is 4.23. The van der Waals surface area contributed by atoms with Crippen LogP contribution >= 0.6 is 22.6 Å². The number of methoxy groups -OCH3 is 1. The van der Waals surface area contributed by atoms with Crippen molar-refractivity contribution in [1.82, 2.24) is 14.6 Å². The number of halogens is 1. The van der Waals surface area contributed by atoms with Gasteiger partial charge >= 0.3 is 5.97 Å². The molecule has 2 rings (SSSR count). The van der Waals surface area contributed by atoms with Crippen LogP contribution in [0, 0.1) is 10.6 Å². The van der Waals surface area contributed by atoms with Crippen LogP contribution in [0.2, 0.25) is 0 Å². The average Bonchev–Trinajstić information content (AvgIpc) is 2.55. The lowest BCUT2D eigenvalue weighted by atomic mass is 10.3. The first-order valence-corrected chi connectivity index (χ1v) is 5.31. The normalized spacial score (nSPS) is 10.6. The Morgan fingerprint density at radius 3 is 2.93 bits per heavy atom. The van der Waals surface area contributed by atoms with E-state index in [-0.39, 0.29) is 0 Å². The monoisotopic (exact) mass is 317 g/mol. The topological polar surface area (TPSA) is 56.5 Å². The van der Waals surface area contributed by atoms with Gasteiger partial charge in [-0.05, 0) is 41.6 Å². The van der Waals surface area contributed by atoms with Gasteiger partial charge in [0.2, 0.25) is 0 Å². The fraction of sp³-hybridized carbons (Fsp3) is 0.222. The van der Waals surface area contributed by atoms with Crippen LogP contribution in [0.5, 0.6) is 0 Å². The molecule has 0 saturated carbocycles. The summed E-state index contributed by atoms with van der Waals surface area (Å²) in [6, 6.07) is 3.65. The Kier molecular flexibility index (Phi) is 2.59. The summed E-state index contributed by atoms with van der Waals surface area (Å²) in [4.78, 5) is 15.5. The van der Waals surface area contributed by atoms with Crippen LogP contribution in [0.25, 0.3) is 5.65 Å². The summed E-state index contributed by atoms with van der Waals surface area (Å²) in [5, 5.41) is 4.25. The van der Waals surface area contributed by atoms with Crippen molar-refractivity contribution in [3.05, 3.63) is 27.2 Å². The molecule has 0 amide bonds. The number of fused-ring (bicyclic) bond motifs is 1. The summed E-state index contributed by atoms with van der Waals surface area (Å²) >= 11 is 2.10. The smallest absolute Gasteiger partial charge is 0.358 e. The van der Waals surface area contributed by atoms with Crippen LogP contribution in [0.4, 0.5) is 0 Å². The third kappa shape index (κ3) is 1.69. The molecule has 2 aromatic rings. The number of esters is 1. The molecule has 0 unspecified atom stereocenters. The van der Waals surface area contributed by atoms with Crippen LogP contribution in [0.15, 0.2) is 12.1 Å². The highest BCUT2D eigenvalue weighted by Gasteiger charge is 2.16. The highest BCUT2D eigenvalue weighted by molar-refractivity contribution is 14.1. The Balaban J connectivity index is 2.69. The molecular weight excluding hydrogens is 309 g/mol. The average molecular weight is 317 g/mol. The molecule has 2 heterocycles. The van der Waals surface area contributed by atoms with Gasteiger partial charge in [-0.15, -0.1) is 0 Å². The van der Waals surface area contributed by atoms with Crippen molar-refractivity contribution in [3.8, 4) is 0 Å². The van der Waals surface area contributed by atoms with E-state index in [0.29, 0.717) is 17.0 Å². The maximum absolute atomic E-state index is 11.4. The molecule has 0 atom stereocenters. The highest BCUT2D eigenvalue weighted by atomic mass is 127. The van der Waals surface area contributed by atoms with Crippen LogP contribution in [0.3, 0.4) is 0 Å². The summed E-state index contributed by atoms with van der Waals surface area (Å²) in [6.45, 7) is 1.79. The molecular formula is C9H8IN3O2. The summed E-state index contributed by atoms with van der Waals surface area (Å²) in [6.07, 6.45) is 0. The molecule has 0 fully saturated rings. The molecule has 5 nitrogen and oxygen atoms in total. The molecule has 0 saturated heterocycles. The molecule has 0 spiro atoms. The van der Waals surface area contributed by atoms with Crippen molar-refractivity contribution < 1.29 is 9.53 Å². The second kappa shape index (κ2) is 3.76. The SMILES string of the molecule is COC(=O)c1nc2ccc(I)nn2c1C. The molecule has 2 aromatic heterocycles. The van der Waals surface area contributed by atoms with Gasteiger partial charge in [-0.2, -0.15) is 5.10 Å². The fourth-order valence-corrected chi connectivity index (χ4v) is 1.71. The molecule has 0 aliphatic rings. The summed E-state index contributed by atoms with van der Waals surface area (Å²) < 4.78 is 7.11. The third-order valence-electron chi connectivity index (χ3n) is 2.05. The van der Waals surface area contributed by atoms with Crippen molar-refractivity contribution in [2.24, 2.45) is 0 Å². The Hall–Kier alpha value is -1.18. The number of rotatable bonds is 1. The van der Waals surface area contributed by atoms with Gasteiger partial charge in [0.15, 0.2) is 11.3 Å². The first kappa shape index (κ1) is 10.3. The highest BCUT2D eigenvalue weighted by Crippen LogP contribution is 2.12. The summed E-state index contributed by atoms with van der Waals surface area (Å²) in [5.74, 6) is -0.437. The van der Waals surface area contributed by atoms with E-state index in [9.17, 15) is 4.79 Å². The van der Waals surface area contributed by atoms with Crippen molar-refractivity contribution in [2.75, 3.05) is 7.11 Å². The Morgan fingerprint density at radius 2 is 2.27 bits per heavy atom. The first-order chi connectivity index (χ1) is 7.13. The number of hydrogen-bond donors (Lipinski definition) is 0. The zero-order valence-corrected chi connectivity index (χ0v) is 10.3. The van der Waals surface area contributed by atoms with Crippen molar-refractivity contribution >= 4 is 34.2 Å². The van der Waals surface area contributed by atoms with E-state index >= 15 is 0 Å². The largest absolute Gasteiger partial charge is 0.464 e. The number of carbonyl (C=O) groups is 1. The standard InChI is InChI=1S/C9H8IN3O2/c1-5-8(9(14)15-2)11-7-4-3-6(10)12-13(5)7/h3-4H,1-2H3. The zero-order chi connectivity index (χ0) is 11.0. The molecule has 0 aliphatic carbocycles. The van der Waals surface area contributed by atoms with E-state index < -0.39 is 5.97 Å². The van der Waals surface area contributed by atoms with Crippen LogP contribution in [-0.2, 0) is 4.74 Å². The predicted octanol–water partition coefficient (Wildman–Crippen LogP) is 1.43. The van der Waals surface area contributed by atoms with Gasteiger partial charge < -0.3 is 4.74 Å². The minimum Gasteiger partial charge on any atom is -0.464 e. The van der Waals surface area contributed by atoms with E-state index in [1.807, 2.05) is 12.1 Å². The molecule has 78 valence electrons. The predicted molar refractivity (Wildman–Crippen MR) is 61.8 cm³/mol. The van der Waals surface area contributed by atoms with Gasteiger partial charge in [0.1, 0.15) is 3.70 Å². The summed E-state index contributed by atoms with van der Waals surface area (Å²) in [7, 11) is 1.34. The van der Waals surface area contributed by atoms with E-state index in [1.165, 1.54) is 7.11 Å². The van der Waals surface area contributed by atoms with Crippen molar-refractivity contribution in [1.29, 1.82) is 0 Å². The Labute approximate surface area is 99.6 Å². The second-order valence-corrected chi connectivity index (χ2v) is 4.07. The fourth-order valence-electron chi connectivity index (χ4n) is 1.31. The number of imidazole rings is 1. The number of aromatic nitrogens is 3. The van der Waals surface area contributed by atoms with Gasteiger partial charge in [0.25, 0.3) is 0 Å². The van der Waals surface area contributed by atoms with E-state index in [4.69, 9.17) is 0 Å². The van der Waals surface area contributed by atoms with E-state index in [0.717, 1.165) is 3.70 Å². The molecule has 0 aliphatic heterocycles. The minimum absolute atomic E-state index is 0.312. The minimum atomic E-state index is -0.437. The summed E-state index contributed by atoms with van der Waals surface area (Å²) in [5.41, 5.74) is 1.65. The Bertz CT molecular complexity index is 535. The molecule has 15 heavy (non-hydrogen) atoms. The maximum atomic E-state index is 11.4. The number of nitrogens with zero attached hydrogens (tertiary/aromatic N) is 3. The number of carbonyl (C=O) groups excluding carboxylic acids is 1. The van der Waals surface area contributed by atoms with Gasteiger partial charge in [0.05, 0.1) is 12.8 Å². The van der Waals surface area contributed by atoms with Crippen molar-refractivity contribution in [2.45, 2.75) is 6.92 Å². The lowest BCUT2D eigenvalue weighted by Crippen LogP contribution is -2.04. The Morgan fingerprint density at radius 1 is 1.53 bits per heavy atom. The molecule has 0 bridgehead atoms. The van der Waals surface area contributed by atoms with Crippen molar-refractivity contribution in [3.63, 3.8) is 0 Å².